The third-order valence-corrected chi connectivity index (χ3v) is 4.27. The molecule has 3 rings (SSSR count). The first-order valence-corrected chi connectivity index (χ1v) is 7.56. The molecular formula is C15H18N4S. The van der Waals surface area contributed by atoms with E-state index in [9.17, 15) is 0 Å². The Morgan fingerprint density at radius 3 is 2.75 bits per heavy atom. The fraction of sp³-hybridized carbons (Fsp3) is 0.333. The third kappa shape index (κ3) is 2.59. The Hall–Kier alpha value is -1.72. The molecule has 0 spiro atoms. The molecule has 2 N–H and O–H groups in total. The summed E-state index contributed by atoms with van der Waals surface area (Å²) in [6.07, 6.45) is 0. The van der Waals surface area contributed by atoms with Crippen LogP contribution < -0.4 is 5.32 Å². The average Bonchev–Trinajstić information content (AvgIpc) is 2.98. The van der Waals surface area contributed by atoms with Gasteiger partial charge in [-0.3, -0.25) is 0 Å². The Morgan fingerprint density at radius 1 is 1.25 bits per heavy atom. The molecule has 0 aliphatic carbocycles. The lowest BCUT2D eigenvalue weighted by Crippen LogP contribution is -2.19. The first-order chi connectivity index (χ1) is 9.63. The van der Waals surface area contributed by atoms with Gasteiger partial charge in [-0.15, -0.1) is 11.3 Å². The van der Waals surface area contributed by atoms with Gasteiger partial charge in [0.25, 0.3) is 0 Å². The predicted octanol–water partition coefficient (Wildman–Crippen LogP) is 3.49. The van der Waals surface area contributed by atoms with Crippen molar-refractivity contribution in [1.29, 1.82) is 0 Å². The minimum absolute atomic E-state index is 0.230. The molecule has 0 saturated heterocycles. The van der Waals surface area contributed by atoms with Gasteiger partial charge in [-0.25, -0.2) is 9.97 Å². The zero-order valence-corrected chi connectivity index (χ0v) is 12.7. The standard InChI is InChI=1S/C15H18N4S/c1-9(15-10(2)20-11(3)17-15)16-8-14-18-12-6-4-5-7-13(12)19-14/h4-7,9,16H,8H2,1-3H3,(H,18,19). The molecule has 0 saturated carbocycles. The molecule has 20 heavy (non-hydrogen) atoms. The van der Waals surface area contributed by atoms with Crippen molar-refractivity contribution in [3.05, 3.63) is 45.7 Å². The topological polar surface area (TPSA) is 53.6 Å². The average molecular weight is 286 g/mol. The van der Waals surface area contributed by atoms with Crippen LogP contribution in [0.5, 0.6) is 0 Å². The van der Waals surface area contributed by atoms with Gasteiger partial charge in [0.05, 0.1) is 28.3 Å². The smallest absolute Gasteiger partial charge is 0.121 e. The fourth-order valence-corrected chi connectivity index (χ4v) is 3.30. The molecule has 0 amide bonds. The van der Waals surface area contributed by atoms with Gasteiger partial charge < -0.3 is 10.3 Å². The Morgan fingerprint density at radius 2 is 2.05 bits per heavy atom. The van der Waals surface area contributed by atoms with E-state index >= 15 is 0 Å². The highest BCUT2D eigenvalue weighted by atomic mass is 32.1. The number of fused-ring (bicyclic) bond motifs is 1. The van der Waals surface area contributed by atoms with Gasteiger partial charge in [0, 0.05) is 10.9 Å². The molecule has 5 heteroatoms. The van der Waals surface area contributed by atoms with Gasteiger partial charge >= 0.3 is 0 Å². The summed E-state index contributed by atoms with van der Waals surface area (Å²) in [5.41, 5.74) is 3.24. The number of benzene rings is 1. The Kier molecular flexibility index (Phi) is 3.54. The number of aromatic amines is 1. The number of imidazole rings is 1. The summed E-state index contributed by atoms with van der Waals surface area (Å²) < 4.78 is 0. The van der Waals surface area contributed by atoms with Gasteiger partial charge in [-0.1, -0.05) is 12.1 Å². The molecule has 4 nitrogen and oxygen atoms in total. The first-order valence-electron chi connectivity index (χ1n) is 6.74. The predicted molar refractivity (Wildman–Crippen MR) is 82.9 cm³/mol. The zero-order valence-electron chi connectivity index (χ0n) is 11.9. The van der Waals surface area contributed by atoms with Gasteiger partial charge in [-0.2, -0.15) is 0 Å². The lowest BCUT2D eigenvalue weighted by molar-refractivity contribution is 0.550. The van der Waals surface area contributed by atoms with E-state index in [1.54, 1.807) is 11.3 Å². The van der Waals surface area contributed by atoms with Crippen LogP contribution in [0.4, 0.5) is 0 Å². The number of rotatable bonds is 4. The zero-order chi connectivity index (χ0) is 14.1. The van der Waals surface area contributed by atoms with Gasteiger partial charge in [-0.05, 0) is 32.9 Å². The Labute approximate surface area is 122 Å². The Balaban J connectivity index is 1.71. The second kappa shape index (κ2) is 5.34. The summed E-state index contributed by atoms with van der Waals surface area (Å²) in [5.74, 6) is 0.961. The molecular weight excluding hydrogens is 268 g/mol. The number of hydrogen-bond acceptors (Lipinski definition) is 4. The summed E-state index contributed by atoms with van der Waals surface area (Å²) in [5, 5.41) is 4.60. The monoisotopic (exact) mass is 286 g/mol. The maximum Gasteiger partial charge on any atom is 0.121 e. The van der Waals surface area contributed by atoms with Crippen LogP contribution in [-0.2, 0) is 6.54 Å². The number of thiazole rings is 1. The van der Waals surface area contributed by atoms with Gasteiger partial charge in [0.15, 0.2) is 0 Å². The second-order valence-corrected chi connectivity index (χ2v) is 6.38. The first kappa shape index (κ1) is 13.3. The lowest BCUT2D eigenvalue weighted by atomic mass is 10.2. The number of aromatic nitrogens is 3. The summed E-state index contributed by atoms with van der Waals surface area (Å²) in [6, 6.07) is 8.32. The van der Waals surface area contributed by atoms with Crippen LogP contribution in [0.1, 0.15) is 34.4 Å². The molecule has 0 fully saturated rings. The van der Waals surface area contributed by atoms with E-state index < -0.39 is 0 Å². The quantitative estimate of drug-likeness (QED) is 0.772. The minimum atomic E-state index is 0.230. The largest absolute Gasteiger partial charge is 0.341 e. The Bertz CT molecular complexity index is 695. The van der Waals surface area contributed by atoms with Gasteiger partial charge in [0.2, 0.25) is 0 Å². The third-order valence-electron chi connectivity index (χ3n) is 3.36. The minimum Gasteiger partial charge on any atom is -0.341 e. The van der Waals surface area contributed by atoms with E-state index in [1.165, 1.54) is 4.88 Å². The van der Waals surface area contributed by atoms with Crippen LogP contribution in [0.25, 0.3) is 11.0 Å². The highest BCUT2D eigenvalue weighted by molar-refractivity contribution is 7.11. The normalized spacial score (nSPS) is 12.9. The van der Waals surface area contributed by atoms with Crippen molar-refractivity contribution in [2.45, 2.75) is 33.4 Å². The summed E-state index contributed by atoms with van der Waals surface area (Å²) in [4.78, 5) is 13.8. The SMILES string of the molecule is Cc1nc(C(C)NCc2nc3ccccc3[nH]2)c(C)s1. The fourth-order valence-electron chi connectivity index (χ4n) is 2.38. The lowest BCUT2D eigenvalue weighted by Gasteiger charge is -2.11. The molecule has 1 atom stereocenters. The summed E-state index contributed by atoms with van der Waals surface area (Å²) in [6.45, 7) is 7.03. The number of nitrogens with one attached hydrogen (secondary N) is 2. The van der Waals surface area contributed by atoms with Gasteiger partial charge in [0.1, 0.15) is 5.82 Å². The number of hydrogen-bond donors (Lipinski definition) is 2. The number of nitrogens with zero attached hydrogens (tertiary/aromatic N) is 2. The molecule has 2 heterocycles. The van der Waals surface area contributed by atoms with Crippen molar-refractivity contribution in [3.8, 4) is 0 Å². The number of H-pyrrole nitrogens is 1. The molecule has 1 unspecified atom stereocenters. The van der Waals surface area contributed by atoms with E-state index in [0.29, 0.717) is 6.54 Å². The van der Waals surface area contributed by atoms with Crippen molar-refractivity contribution in [2.24, 2.45) is 0 Å². The van der Waals surface area contributed by atoms with Crippen LogP contribution in [0.15, 0.2) is 24.3 Å². The van der Waals surface area contributed by atoms with E-state index in [0.717, 1.165) is 27.6 Å². The van der Waals surface area contributed by atoms with Crippen molar-refractivity contribution in [1.82, 2.24) is 20.3 Å². The molecule has 0 aliphatic heterocycles. The molecule has 0 bridgehead atoms. The molecule has 3 aromatic rings. The van der Waals surface area contributed by atoms with Crippen molar-refractivity contribution >= 4 is 22.4 Å². The van der Waals surface area contributed by atoms with Crippen LogP contribution in [0, 0.1) is 13.8 Å². The summed E-state index contributed by atoms with van der Waals surface area (Å²) in [7, 11) is 0. The van der Waals surface area contributed by atoms with Crippen molar-refractivity contribution in [2.75, 3.05) is 0 Å². The maximum absolute atomic E-state index is 4.59. The molecule has 2 aromatic heterocycles. The van der Waals surface area contributed by atoms with E-state index in [1.807, 2.05) is 31.2 Å². The van der Waals surface area contributed by atoms with Crippen LogP contribution in [0.3, 0.4) is 0 Å². The van der Waals surface area contributed by atoms with Crippen LogP contribution in [0.2, 0.25) is 0 Å². The van der Waals surface area contributed by atoms with E-state index in [4.69, 9.17) is 0 Å². The number of aryl methyl sites for hydroxylation is 2. The number of para-hydroxylation sites is 2. The summed E-state index contributed by atoms with van der Waals surface area (Å²) >= 11 is 1.75. The van der Waals surface area contributed by atoms with E-state index in [2.05, 4.69) is 34.1 Å². The van der Waals surface area contributed by atoms with Crippen LogP contribution >= 0.6 is 11.3 Å². The molecule has 104 valence electrons. The van der Waals surface area contributed by atoms with Crippen LogP contribution in [-0.4, -0.2) is 15.0 Å². The highest BCUT2D eigenvalue weighted by Crippen LogP contribution is 2.22. The van der Waals surface area contributed by atoms with Crippen molar-refractivity contribution in [3.63, 3.8) is 0 Å². The highest BCUT2D eigenvalue weighted by Gasteiger charge is 2.13. The molecule has 0 aliphatic rings. The second-order valence-electron chi connectivity index (χ2n) is 4.98. The molecule has 0 radical (unpaired) electrons. The maximum atomic E-state index is 4.59. The molecule has 1 aromatic carbocycles. The van der Waals surface area contributed by atoms with Crippen molar-refractivity contribution < 1.29 is 0 Å². The van der Waals surface area contributed by atoms with E-state index in [-0.39, 0.29) is 6.04 Å².